The third-order valence-electron chi connectivity index (χ3n) is 0.577. The van der Waals surface area contributed by atoms with Gasteiger partial charge in [-0.05, 0) is 0 Å². The van der Waals surface area contributed by atoms with Crippen LogP contribution < -0.4 is 0 Å². The Kier molecular flexibility index (Phi) is 20.8. The summed E-state index contributed by atoms with van der Waals surface area (Å²) in [6, 6.07) is 0. The molecular formula is C3H10FO3RuSi. The zero-order valence-electron chi connectivity index (χ0n) is 5.53. The van der Waals surface area contributed by atoms with E-state index in [0.717, 1.165) is 0 Å². The van der Waals surface area contributed by atoms with Gasteiger partial charge in [0.15, 0.2) is 0 Å². The third kappa shape index (κ3) is 8.65. The van der Waals surface area contributed by atoms with Gasteiger partial charge in [-0.3, -0.25) is 0 Å². The van der Waals surface area contributed by atoms with E-state index in [1.165, 1.54) is 0 Å². The van der Waals surface area contributed by atoms with Crippen LogP contribution in [0.4, 0.5) is 4.70 Å². The largest absolute Gasteiger partial charge is 0.483 e. The van der Waals surface area contributed by atoms with E-state index in [-0.39, 0.29) is 24.2 Å². The standard InChI is InChI=1S/C3H10O3Si.F.Ru/c1-4-7(5-2)6-3;;/h7H,1-3H3;;. The van der Waals surface area contributed by atoms with Gasteiger partial charge in [0, 0.05) is 45.5 Å². The fraction of sp³-hybridized carbons (Fsp3) is 1.00. The van der Waals surface area contributed by atoms with Crippen LogP contribution in [0.2, 0.25) is 0 Å². The molecule has 1 radical (unpaired) electrons. The molecular weight excluding hydrogens is 232 g/mol. The maximum absolute atomic E-state index is 4.74. The Hall–Kier alpha value is 0.650. The quantitative estimate of drug-likeness (QED) is 0.655. The SMILES string of the molecule is CO[SiH](OC)OC.[F].[Ru]. The Morgan fingerprint density at radius 2 is 1.11 bits per heavy atom. The minimum absolute atomic E-state index is 0. The van der Waals surface area contributed by atoms with Crippen molar-refractivity contribution in [1.29, 1.82) is 0 Å². The first-order chi connectivity index (χ1) is 3.35. The predicted octanol–water partition coefficient (Wildman–Crippen LogP) is 0.0605. The average molecular weight is 242 g/mol. The van der Waals surface area contributed by atoms with Gasteiger partial charge in [-0.1, -0.05) is 0 Å². The summed E-state index contributed by atoms with van der Waals surface area (Å²) in [7, 11) is 3.05. The van der Waals surface area contributed by atoms with E-state index >= 15 is 0 Å². The van der Waals surface area contributed by atoms with Gasteiger partial charge < -0.3 is 13.3 Å². The number of rotatable bonds is 3. The maximum atomic E-state index is 4.74. The summed E-state index contributed by atoms with van der Waals surface area (Å²) in [6.45, 7) is 0. The van der Waals surface area contributed by atoms with Crippen molar-refractivity contribution in [3.05, 3.63) is 0 Å². The molecule has 0 rings (SSSR count). The van der Waals surface area contributed by atoms with E-state index in [1.807, 2.05) is 0 Å². The van der Waals surface area contributed by atoms with Crippen LogP contribution in [0.3, 0.4) is 0 Å². The van der Waals surface area contributed by atoms with Gasteiger partial charge in [-0.25, -0.2) is 0 Å². The molecule has 0 aliphatic rings. The average Bonchev–Trinajstić information content (AvgIpc) is 1.72. The van der Waals surface area contributed by atoms with Crippen molar-refractivity contribution in [2.24, 2.45) is 0 Å². The van der Waals surface area contributed by atoms with E-state index in [2.05, 4.69) is 0 Å². The van der Waals surface area contributed by atoms with Gasteiger partial charge in [0.2, 0.25) is 0 Å². The van der Waals surface area contributed by atoms with Crippen LogP contribution in [0.5, 0.6) is 0 Å². The first kappa shape index (κ1) is 16.3. The minimum atomic E-state index is -1.67. The topological polar surface area (TPSA) is 27.7 Å². The summed E-state index contributed by atoms with van der Waals surface area (Å²) < 4.78 is 14.2. The van der Waals surface area contributed by atoms with Gasteiger partial charge in [0.05, 0.1) is 0 Å². The van der Waals surface area contributed by atoms with Crippen LogP contribution in [0, 0.1) is 0 Å². The van der Waals surface area contributed by atoms with Gasteiger partial charge in [0.25, 0.3) is 0 Å². The molecule has 59 valence electrons. The minimum Gasteiger partial charge on any atom is -0.379 e. The monoisotopic (exact) mass is 243 g/mol. The molecule has 0 heterocycles. The first-order valence-corrected chi connectivity index (χ1v) is 3.35. The molecule has 0 aromatic heterocycles. The molecule has 0 amide bonds. The van der Waals surface area contributed by atoms with Crippen LogP contribution >= 0.6 is 0 Å². The summed E-state index contributed by atoms with van der Waals surface area (Å²) in [5.41, 5.74) is 0. The summed E-state index contributed by atoms with van der Waals surface area (Å²) in [5, 5.41) is 0. The van der Waals surface area contributed by atoms with E-state index < -0.39 is 9.53 Å². The van der Waals surface area contributed by atoms with E-state index in [1.54, 1.807) is 21.3 Å². The van der Waals surface area contributed by atoms with Crippen LogP contribution in [-0.2, 0) is 32.8 Å². The molecule has 0 saturated carbocycles. The van der Waals surface area contributed by atoms with Crippen molar-refractivity contribution in [2.45, 2.75) is 0 Å². The second-order valence-electron chi connectivity index (χ2n) is 0.996. The Bertz CT molecular complexity index is 40.5. The molecule has 0 aromatic rings. The summed E-state index contributed by atoms with van der Waals surface area (Å²) in [6.07, 6.45) is 0. The summed E-state index contributed by atoms with van der Waals surface area (Å²) in [5.74, 6) is 0. The predicted molar refractivity (Wildman–Crippen MR) is 29.3 cm³/mol. The zero-order valence-corrected chi connectivity index (χ0v) is 8.43. The molecule has 0 unspecified atom stereocenters. The summed E-state index contributed by atoms with van der Waals surface area (Å²) >= 11 is 0. The second-order valence-corrected chi connectivity index (χ2v) is 2.99. The molecule has 6 heteroatoms. The van der Waals surface area contributed by atoms with Crippen molar-refractivity contribution in [3.63, 3.8) is 0 Å². The van der Waals surface area contributed by atoms with Crippen molar-refractivity contribution < 1.29 is 37.5 Å². The van der Waals surface area contributed by atoms with E-state index in [9.17, 15) is 0 Å². The van der Waals surface area contributed by atoms with Gasteiger partial charge in [-0.15, -0.1) is 0 Å². The molecule has 3 nitrogen and oxygen atoms in total. The second kappa shape index (κ2) is 11.4. The fourth-order valence-corrected chi connectivity index (χ4v) is 0.866. The van der Waals surface area contributed by atoms with Crippen LogP contribution in [-0.4, -0.2) is 30.9 Å². The number of hydrogen-bond acceptors (Lipinski definition) is 3. The van der Waals surface area contributed by atoms with E-state index in [4.69, 9.17) is 13.3 Å². The fourth-order valence-electron chi connectivity index (χ4n) is 0.289. The molecule has 0 N–H and O–H groups in total. The third-order valence-corrected chi connectivity index (χ3v) is 1.73. The molecule has 0 atom stereocenters. The molecule has 0 aromatic carbocycles. The number of hydrogen-bond donors (Lipinski definition) is 0. The summed E-state index contributed by atoms with van der Waals surface area (Å²) in [4.78, 5) is 0. The molecule has 9 heavy (non-hydrogen) atoms. The molecule has 0 saturated heterocycles. The molecule has 0 bridgehead atoms. The van der Waals surface area contributed by atoms with Crippen molar-refractivity contribution in [2.75, 3.05) is 21.3 Å². The van der Waals surface area contributed by atoms with Gasteiger partial charge >= 0.3 is 9.53 Å². The van der Waals surface area contributed by atoms with Crippen molar-refractivity contribution in [3.8, 4) is 0 Å². The van der Waals surface area contributed by atoms with Crippen molar-refractivity contribution >= 4 is 9.53 Å². The molecule has 0 fully saturated rings. The number of halogens is 1. The Labute approximate surface area is 68.8 Å². The first-order valence-electron chi connectivity index (χ1n) is 1.93. The smallest absolute Gasteiger partial charge is 0.379 e. The van der Waals surface area contributed by atoms with Crippen molar-refractivity contribution in [1.82, 2.24) is 0 Å². The Morgan fingerprint density at radius 3 is 1.11 bits per heavy atom. The van der Waals surface area contributed by atoms with Gasteiger partial charge in [0.1, 0.15) is 0 Å². The molecule has 0 aliphatic carbocycles. The maximum Gasteiger partial charge on any atom is 0.483 e. The normalized spacial score (nSPS) is 8.00. The molecule has 0 spiro atoms. The zero-order chi connectivity index (χ0) is 5.70. The Morgan fingerprint density at radius 1 is 0.889 bits per heavy atom. The van der Waals surface area contributed by atoms with E-state index in [0.29, 0.717) is 0 Å². The van der Waals surface area contributed by atoms with Crippen LogP contribution in [0.1, 0.15) is 0 Å². The van der Waals surface area contributed by atoms with Crippen LogP contribution in [0.15, 0.2) is 0 Å². The Balaban J connectivity index is -0.000000180. The van der Waals surface area contributed by atoms with Gasteiger partial charge in [-0.2, -0.15) is 0 Å². The van der Waals surface area contributed by atoms with Crippen LogP contribution in [0.25, 0.3) is 0 Å². The molecule has 0 aliphatic heterocycles.